The summed E-state index contributed by atoms with van der Waals surface area (Å²) < 4.78 is 92.5. The van der Waals surface area contributed by atoms with Gasteiger partial charge in [-0.1, -0.05) is 273 Å². The van der Waals surface area contributed by atoms with E-state index in [1.54, 1.807) is 4.90 Å². The Morgan fingerprint density at radius 1 is 0.333 bits per heavy atom. The molecule has 3 fully saturated rings. The monoisotopic (exact) mass is 1300 g/mol. The molecule has 9 aromatic rings. The second-order valence-electron chi connectivity index (χ2n) is 24.4. The number of likely N-dealkylation sites (tertiary alicyclic amines) is 1. The van der Waals surface area contributed by atoms with Crippen molar-refractivity contribution < 1.29 is 66.4 Å². The van der Waals surface area contributed by atoms with E-state index < -0.39 is 85.8 Å². The third kappa shape index (κ3) is 19.3. The van der Waals surface area contributed by atoms with Crippen LogP contribution < -0.4 is 0 Å². The minimum atomic E-state index is -1.24. The van der Waals surface area contributed by atoms with Gasteiger partial charge in [-0.2, -0.15) is 0 Å². The van der Waals surface area contributed by atoms with Crippen LogP contribution in [-0.4, -0.2) is 110 Å². The lowest BCUT2D eigenvalue weighted by atomic mass is 9.95. The molecule has 13 atom stereocenters. The van der Waals surface area contributed by atoms with Gasteiger partial charge in [0, 0.05) is 0 Å². The molecule has 96 heavy (non-hydrogen) atoms. The number of carbonyl (C=O) groups is 1. The van der Waals surface area contributed by atoms with E-state index in [1.165, 1.54) is 0 Å². The number of rotatable bonds is 32. The van der Waals surface area contributed by atoms with Gasteiger partial charge in [-0.3, -0.25) is 4.90 Å². The standard InChI is InChI=1S/C81H85NO14/c1-59-72(87-51-63-35-17-5-18-36-63)75(88-52-64-37-19-6-20-38-64)77(90-54-66-41-23-8-24-42-66)79(93-59)96-74-71(58-85-49-61-31-13-3-14-32-61)94-80(78(91-55-67-43-25-9-26-44-67)76(74)89-53-65-39-21-7-22-40-65)95-73-69(57-84-48-60-29-11-2-12-30-60)82(81(83)92-56-68-45-27-10-28-46-68)47-70(73)86-50-62-33-15-4-16-34-62/h2-46,59,69-80H,47-58H2,1H3/t59-,69?,70?,71-,72-,73?,74-,75+,76+,77-,78-,79-,80-/m1/s1. The van der Waals surface area contributed by atoms with Crippen molar-refractivity contribution in [1.29, 1.82) is 0 Å². The molecule has 0 N–H and O–H groups in total. The molecular formula is C81H85NO14. The summed E-state index contributed by atoms with van der Waals surface area (Å²) in [5.41, 5.74) is 8.41. The topological polar surface area (TPSA) is 140 Å². The van der Waals surface area contributed by atoms with Crippen LogP contribution in [0.15, 0.2) is 273 Å². The molecule has 0 bridgehead atoms. The highest BCUT2D eigenvalue weighted by Gasteiger charge is 2.56. The Hall–Kier alpha value is -8.23. The van der Waals surface area contributed by atoms with E-state index in [-0.39, 0.29) is 72.6 Å². The molecule has 1 amide bonds. The van der Waals surface area contributed by atoms with E-state index in [2.05, 4.69) is 0 Å². The molecule has 0 spiro atoms. The van der Waals surface area contributed by atoms with Gasteiger partial charge in [-0.05, 0) is 57.0 Å². The van der Waals surface area contributed by atoms with E-state index in [9.17, 15) is 4.79 Å². The summed E-state index contributed by atoms with van der Waals surface area (Å²) in [5.74, 6) is 0. The number of hydrogen-bond donors (Lipinski definition) is 0. The Morgan fingerprint density at radius 2 is 0.635 bits per heavy atom. The van der Waals surface area contributed by atoms with Gasteiger partial charge in [0.05, 0.1) is 84.8 Å². The van der Waals surface area contributed by atoms with Gasteiger partial charge in [-0.15, -0.1) is 0 Å². The van der Waals surface area contributed by atoms with Crippen LogP contribution in [0.1, 0.15) is 57.0 Å². The van der Waals surface area contributed by atoms with Crippen LogP contribution in [0, 0.1) is 0 Å². The highest BCUT2D eigenvalue weighted by Crippen LogP contribution is 2.39. The zero-order chi connectivity index (χ0) is 65.4. The molecule has 0 aliphatic carbocycles. The van der Waals surface area contributed by atoms with Crippen molar-refractivity contribution in [2.45, 2.75) is 146 Å². The average molecular weight is 1300 g/mol. The Balaban J connectivity index is 0.946. The maximum Gasteiger partial charge on any atom is 0.410 e. The van der Waals surface area contributed by atoms with Crippen molar-refractivity contribution in [3.63, 3.8) is 0 Å². The molecule has 12 rings (SSSR count). The molecule has 3 aliphatic heterocycles. The van der Waals surface area contributed by atoms with Crippen LogP contribution in [0.2, 0.25) is 0 Å². The van der Waals surface area contributed by atoms with Crippen LogP contribution in [0.4, 0.5) is 4.79 Å². The molecule has 3 saturated heterocycles. The summed E-state index contributed by atoms with van der Waals surface area (Å²) in [7, 11) is 0. The number of benzene rings is 9. The van der Waals surface area contributed by atoms with E-state index in [4.69, 9.17) is 61.6 Å². The smallest absolute Gasteiger partial charge is 0.410 e. The number of hydrogen-bond acceptors (Lipinski definition) is 14. The highest BCUT2D eigenvalue weighted by molar-refractivity contribution is 5.69. The molecular weight excluding hydrogens is 1210 g/mol. The zero-order valence-corrected chi connectivity index (χ0v) is 54.1. The van der Waals surface area contributed by atoms with Crippen molar-refractivity contribution in [3.8, 4) is 0 Å². The highest BCUT2D eigenvalue weighted by atomic mass is 16.8. The SMILES string of the molecule is C[C@H]1O[C@H](O[C@H]2[C@H](OCc3ccccc3)[C@@H](OCc3ccccc3)[C@@H](OC3C(OCc4ccccc4)CN(C(=O)OCc4ccccc4)C3COCc3ccccc3)O[C@@H]2COCc2ccccc2)[C@H](OCc2ccccc2)[C@@H](OCc2ccccc2)[C@@H]1OCc1ccccc1. The first-order valence-corrected chi connectivity index (χ1v) is 33.2. The first-order valence-electron chi connectivity index (χ1n) is 33.2. The molecule has 3 unspecified atom stereocenters. The quantitative estimate of drug-likeness (QED) is 0.0395. The molecule has 9 aromatic carbocycles. The molecule has 0 saturated carbocycles. The van der Waals surface area contributed by atoms with Crippen molar-refractivity contribution >= 4 is 6.09 Å². The molecule has 3 heterocycles. The van der Waals surface area contributed by atoms with Crippen molar-refractivity contribution in [2.24, 2.45) is 0 Å². The van der Waals surface area contributed by atoms with Crippen molar-refractivity contribution in [2.75, 3.05) is 19.8 Å². The summed E-state index contributed by atoms with van der Waals surface area (Å²) in [4.78, 5) is 16.5. The van der Waals surface area contributed by atoms with Gasteiger partial charge in [0.2, 0.25) is 0 Å². The number of nitrogens with zero attached hydrogens (tertiary/aromatic N) is 1. The molecule has 0 aromatic heterocycles. The van der Waals surface area contributed by atoms with Gasteiger partial charge in [-0.25, -0.2) is 4.79 Å². The first kappa shape index (κ1) is 67.7. The van der Waals surface area contributed by atoms with Crippen LogP contribution in [0.5, 0.6) is 0 Å². The van der Waals surface area contributed by atoms with Gasteiger partial charge < -0.3 is 61.6 Å². The van der Waals surface area contributed by atoms with Crippen molar-refractivity contribution in [1.82, 2.24) is 4.90 Å². The summed E-state index contributed by atoms with van der Waals surface area (Å²) in [6.07, 6.45) is -11.5. The second-order valence-corrected chi connectivity index (χ2v) is 24.4. The Morgan fingerprint density at radius 3 is 1.03 bits per heavy atom. The molecule has 0 radical (unpaired) electrons. The Labute approximate surface area is 563 Å². The van der Waals surface area contributed by atoms with Crippen LogP contribution in [0.25, 0.3) is 0 Å². The van der Waals surface area contributed by atoms with E-state index in [0.29, 0.717) is 6.61 Å². The van der Waals surface area contributed by atoms with Crippen molar-refractivity contribution in [3.05, 3.63) is 323 Å². The minimum Gasteiger partial charge on any atom is -0.445 e. The summed E-state index contributed by atoms with van der Waals surface area (Å²) in [6, 6.07) is 88.7. The fraction of sp³-hybridized carbons (Fsp3) is 0.321. The maximum atomic E-state index is 14.9. The summed E-state index contributed by atoms with van der Waals surface area (Å²) >= 11 is 0. The third-order valence-electron chi connectivity index (χ3n) is 17.4. The second kappa shape index (κ2) is 35.7. The van der Waals surface area contributed by atoms with E-state index in [0.717, 1.165) is 50.1 Å². The minimum absolute atomic E-state index is 0.00919. The lowest BCUT2D eigenvalue weighted by Gasteiger charge is -2.50. The normalized spacial score (nSPS) is 24.1. The Bertz CT molecular complexity index is 3630. The number of amides is 1. The zero-order valence-electron chi connectivity index (χ0n) is 54.1. The lowest BCUT2D eigenvalue weighted by Crippen LogP contribution is -2.66. The fourth-order valence-electron chi connectivity index (χ4n) is 12.4. The fourth-order valence-corrected chi connectivity index (χ4v) is 12.4. The van der Waals surface area contributed by atoms with Gasteiger partial charge in [0.1, 0.15) is 61.5 Å². The van der Waals surface area contributed by atoms with Crippen LogP contribution in [-0.2, 0) is 121 Å². The molecule has 3 aliphatic rings. The van der Waals surface area contributed by atoms with E-state index in [1.807, 2.05) is 280 Å². The predicted molar refractivity (Wildman–Crippen MR) is 362 cm³/mol. The van der Waals surface area contributed by atoms with Crippen LogP contribution in [0.3, 0.4) is 0 Å². The first-order chi connectivity index (χ1) is 47.4. The molecule has 15 heteroatoms. The van der Waals surface area contributed by atoms with Gasteiger partial charge >= 0.3 is 6.09 Å². The summed E-state index contributed by atoms with van der Waals surface area (Å²) in [6.45, 7) is 3.88. The maximum absolute atomic E-state index is 14.9. The van der Waals surface area contributed by atoms with Crippen LogP contribution >= 0.6 is 0 Å². The predicted octanol–water partition coefficient (Wildman–Crippen LogP) is 14.2. The average Bonchev–Trinajstić information content (AvgIpc) is 1.07. The molecule has 498 valence electrons. The molecule has 15 nitrogen and oxygen atoms in total. The van der Waals surface area contributed by atoms with Gasteiger partial charge in [0.15, 0.2) is 12.6 Å². The summed E-state index contributed by atoms with van der Waals surface area (Å²) in [5, 5.41) is 0. The van der Waals surface area contributed by atoms with Gasteiger partial charge in [0.25, 0.3) is 0 Å². The number of ether oxygens (including phenoxy) is 13. The third-order valence-corrected chi connectivity index (χ3v) is 17.4. The largest absolute Gasteiger partial charge is 0.445 e. The lowest BCUT2D eigenvalue weighted by molar-refractivity contribution is -0.379. The van der Waals surface area contributed by atoms with E-state index >= 15 is 0 Å². The number of carbonyl (C=O) groups excluding carboxylic acids is 1. The Kier molecular flexibility index (Phi) is 25.2.